The monoisotopic (exact) mass is 323 g/mol. The van der Waals surface area contributed by atoms with Gasteiger partial charge in [0.25, 0.3) is 5.91 Å². The van der Waals surface area contributed by atoms with Gasteiger partial charge in [-0.15, -0.1) is 0 Å². The van der Waals surface area contributed by atoms with E-state index < -0.39 is 28.9 Å². The van der Waals surface area contributed by atoms with Crippen molar-refractivity contribution in [1.82, 2.24) is 5.32 Å². The summed E-state index contributed by atoms with van der Waals surface area (Å²) in [5.74, 6) is -4.28. The van der Waals surface area contributed by atoms with Crippen LogP contribution >= 0.6 is 15.9 Å². The molecule has 0 heterocycles. The first kappa shape index (κ1) is 15.0. The molecule has 0 aliphatic carbocycles. The lowest BCUT2D eigenvalue weighted by atomic mass is 10.1. The van der Waals surface area contributed by atoms with Crippen LogP contribution in [0.2, 0.25) is 0 Å². The van der Waals surface area contributed by atoms with Crippen molar-refractivity contribution in [2.24, 2.45) is 0 Å². The Morgan fingerprint density at radius 3 is 2.28 bits per heavy atom. The maximum absolute atomic E-state index is 13.2. The highest BCUT2D eigenvalue weighted by molar-refractivity contribution is 9.09. The number of hydrogen-bond donors (Lipinski definition) is 1. The van der Waals surface area contributed by atoms with Crippen molar-refractivity contribution in [3.63, 3.8) is 0 Å². The summed E-state index contributed by atoms with van der Waals surface area (Å²) >= 11 is 3.27. The van der Waals surface area contributed by atoms with Crippen LogP contribution in [0.25, 0.3) is 0 Å². The van der Waals surface area contributed by atoms with E-state index in [2.05, 4.69) is 21.2 Å². The third kappa shape index (κ3) is 4.33. The number of hydrogen-bond acceptors (Lipinski definition) is 1. The molecule has 1 amide bonds. The van der Waals surface area contributed by atoms with Gasteiger partial charge < -0.3 is 5.32 Å². The van der Waals surface area contributed by atoms with E-state index in [4.69, 9.17) is 0 Å². The van der Waals surface area contributed by atoms with Crippen molar-refractivity contribution in [3.05, 3.63) is 35.1 Å². The maximum Gasteiger partial charge on any atom is 0.257 e. The molecule has 1 aromatic carbocycles. The van der Waals surface area contributed by atoms with Gasteiger partial charge in [0.2, 0.25) is 0 Å². The third-order valence-corrected chi connectivity index (χ3v) is 2.89. The second-order valence-electron chi connectivity index (χ2n) is 3.75. The number of benzene rings is 1. The molecular formula is C12H13BrF3NO. The van der Waals surface area contributed by atoms with E-state index in [0.29, 0.717) is 18.7 Å². The number of unbranched alkanes of at least 4 members (excludes halogenated alkanes) is 2. The van der Waals surface area contributed by atoms with Gasteiger partial charge in [0.15, 0.2) is 0 Å². The molecule has 100 valence electrons. The normalized spacial score (nSPS) is 10.4. The summed E-state index contributed by atoms with van der Waals surface area (Å²) in [6.45, 7) is 0.335. The zero-order valence-corrected chi connectivity index (χ0v) is 11.2. The molecule has 0 aliphatic rings. The molecule has 0 fully saturated rings. The van der Waals surface area contributed by atoms with Crippen LogP contribution in [-0.4, -0.2) is 17.8 Å². The zero-order valence-electron chi connectivity index (χ0n) is 9.61. The molecule has 6 heteroatoms. The molecule has 0 atom stereocenters. The Morgan fingerprint density at radius 2 is 1.72 bits per heavy atom. The predicted octanol–water partition coefficient (Wildman–Crippen LogP) is 3.40. The smallest absolute Gasteiger partial charge is 0.257 e. The molecule has 0 aliphatic heterocycles. The molecule has 0 bridgehead atoms. The third-order valence-electron chi connectivity index (χ3n) is 2.33. The fourth-order valence-corrected chi connectivity index (χ4v) is 1.84. The van der Waals surface area contributed by atoms with E-state index in [1.807, 2.05) is 0 Å². The molecule has 0 unspecified atom stereocenters. The fourth-order valence-electron chi connectivity index (χ4n) is 1.45. The minimum atomic E-state index is -1.19. The van der Waals surface area contributed by atoms with Gasteiger partial charge in [0, 0.05) is 24.0 Å². The lowest BCUT2D eigenvalue weighted by molar-refractivity contribution is 0.0944. The number of halogens is 4. The van der Waals surface area contributed by atoms with Gasteiger partial charge in [-0.25, -0.2) is 13.2 Å². The topological polar surface area (TPSA) is 29.1 Å². The first-order chi connectivity index (χ1) is 8.56. The number of carbonyl (C=O) groups is 1. The standard InChI is InChI=1S/C12H13BrF3NO/c13-4-2-1-3-5-17-12(18)11-9(15)6-8(14)7-10(11)16/h6-7H,1-5H2,(H,17,18). The van der Waals surface area contributed by atoms with Crippen molar-refractivity contribution in [2.75, 3.05) is 11.9 Å². The van der Waals surface area contributed by atoms with Gasteiger partial charge in [-0.3, -0.25) is 4.79 Å². The van der Waals surface area contributed by atoms with Crippen LogP contribution in [0.15, 0.2) is 12.1 Å². The SMILES string of the molecule is O=C(NCCCCCBr)c1c(F)cc(F)cc1F. The molecule has 2 nitrogen and oxygen atoms in total. The van der Waals surface area contributed by atoms with Gasteiger partial charge in [-0.2, -0.15) is 0 Å². The average Bonchev–Trinajstić information content (AvgIpc) is 2.27. The molecule has 18 heavy (non-hydrogen) atoms. The molecule has 1 rings (SSSR count). The fraction of sp³-hybridized carbons (Fsp3) is 0.417. The summed E-state index contributed by atoms with van der Waals surface area (Å²) in [6, 6.07) is 0.978. The largest absolute Gasteiger partial charge is 0.352 e. The van der Waals surface area contributed by atoms with Gasteiger partial charge in [-0.05, 0) is 12.8 Å². The summed E-state index contributed by atoms with van der Waals surface area (Å²) in [5.41, 5.74) is -0.739. The van der Waals surface area contributed by atoms with Crippen molar-refractivity contribution in [2.45, 2.75) is 19.3 Å². The summed E-state index contributed by atoms with van der Waals surface area (Å²) in [7, 11) is 0. The van der Waals surface area contributed by atoms with E-state index >= 15 is 0 Å². The number of rotatable bonds is 6. The second kappa shape index (κ2) is 7.41. The average molecular weight is 324 g/mol. The van der Waals surface area contributed by atoms with Crippen LogP contribution in [0.1, 0.15) is 29.6 Å². The minimum absolute atomic E-state index is 0.335. The second-order valence-corrected chi connectivity index (χ2v) is 4.54. The van der Waals surface area contributed by atoms with Gasteiger partial charge in [-0.1, -0.05) is 22.4 Å². The van der Waals surface area contributed by atoms with Crippen molar-refractivity contribution in [3.8, 4) is 0 Å². The van der Waals surface area contributed by atoms with E-state index in [1.165, 1.54) is 0 Å². The number of amides is 1. The highest BCUT2D eigenvalue weighted by atomic mass is 79.9. The molecule has 1 aromatic rings. The van der Waals surface area contributed by atoms with Crippen molar-refractivity contribution in [1.29, 1.82) is 0 Å². The molecule has 0 radical (unpaired) electrons. The van der Waals surface area contributed by atoms with Crippen LogP contribution in [0.3, 0.4) is 0 Å². The first-order valence-electron chi connectivity index (χ1n) is 5.55. The number of alkyl halides is 1. The van der Waals surface area contributed by atoms with Crippen LogP contribution in [0.4, 0.5) is 13.2 Å². The molecule has 0 aromatic heterocycles. The Hall–Kier alpha value is -1.04. The lowest BCUT2D eigenvalue weighted by Crippen LogP contribution is -2.26. The van der Waals surface area contributed by atoms with Gasteiger partial charge in [0.1, 0.15) is 23.0 Å². The lowest BCUT2D eigenvalue weighted by Gasteiger charge is -2.07. The van der Waals surface area contributed by atoms with Crippen LogP contribution in [0.5, 0.6) is 0 Å². The van der Waals surface area contributed by atoms with E-state index in [-0.39, 0.29) is 0 Å². The quantitative estimate of drug-likeness (QED) is 0.631. The molecule has 0 spiro atoms. The van der Waals surface area contributed by atoms with Crippen molar-refractivity contribution < 1.29 is 18.0 Å². The molecule has 1 N–H and O–H groups in total. The number of carbonyl (C=O) groups excluding carboxylic acids is 1. The highest BCUT2D eigenvalue weighted by Gasteiger charge is 2.18. The summed E-state index contributed by atoms with van der Waals surface area (Å²) in [4.78, 5) is 11.5. The molecular weight excluding hydrogens is 311 g/mol. The van der Waals surface area contributed by atoms with E-state index in [0.717, 1.165) is 24.6 Å². The van der Waals surface area contributed by atoms with Crippen molar-refractivity contribution >= 4 is 21.8 Å². The molecule has 0 saturated carbocycles. The molecule has 0 saturated heterocycles. The maximum atomic E-state index is 13.2. The predicted molar refractivity (Wildman–Crippen MR) is 66.3 cm³/mol. The summed E-state index contributed by atoms with van der Waals surface area (Å²) in [5, 5.41) is 3.28. The Kier molecular flexibility index (Phi) is 6.18. The first-order valence-corrected chi connectivity index (χ1v) is 6.67. The van der Waals surface area contributed by atoms with E-state index in [1.54, 1.807) is 0 Å². The Labute approximate surface area is 112 Å². The van der Waals surface area contributed by atoms with Crippen LogP contribution in [0, 0.1) is 17.5 Å². The summed E-state index contributed by atoms with van der Waals surface area (Å²) < 4.78 is 39.1. The van der Waals surface area contributed by atoms with Gasteiger partial charge in [0.05, 0.1) is 0 Å². The number of nitrogens with one attached hydrogen (secondary N) is 1. The summed E-state index contributed by atoms with van der Waals surface area (Å²) in [6.07, 6.45) is 2.59. The van der Waals surface area contributed by atoms with Crippen LogP contribution in [-0.2, 0) is 0 Å². The van der Waals surface area contributed by atoms with Gasteiger partial charge >= 0.3 is 0 Å². The highest BCUT2D eigenvalue weighted by Crippen LogP contribution is 2.14. The Balaban J connectivity index is 2.57. The Morgan fingerprint density at radius 1 is 1.11 bits per heavy atom. The van der Waals surface area contributed by atoms with E-state index in [9.17, 15) is 18.0 Å². The zero-order chi connectivity index (χ0) is 13.5. The van der Waals surface area contributed by atoms with Crippen LogP contribution < -0.4 is 5.32 Å². The Bertz CT molecular complexity index is 403. The minimum Gasteiger partial charge on any atom is -0.352 e.